The predicted octanol–water partition coefficient (Wildman–Crippen LogP) is 3.50. The number of hydrogen-bond donors (Lipinski definition) is 1. The van der Waals surface area contributed by atoms with E-state index in [4.69, 9.17) is 0 Å². The van der Waals surface area contributed by atoms with Crippen molar-refractivity contribution >= 4 is 0 Å². The van der Waals surface area contributed by atoms with Crippen molar-refractivity contribution in [2.75, 3.05) is 6.54 Å². The largest absolute Gasteiger partial charge is 0.314 e. The maximum absolute atomic E-state index is 3.57. The molecule has 88 valence electrons. The van der Waals surface area contributed by atoms with Crippen molar-refractivity contribution in [1.82, 2.24) is 5.32 Å². The van der Waals surface area contributed by atoms with Crippen LogP contribution in [0.25, 0.3) is 0 Å². The van der Waals surface area contributed by atoms with Gasteiger partial charge >= 0.3 is 0 Å². The van der Waals surface area contributed by atoms with Crippen LogP contribution in [0.4, 0.5) is 0 Å². The predicted molar refractivity (Wildman–Crippen MR) is 69.7 cm³/mol. The summed E-state index contributed by atoms with van der Waals surface area (Å²) in [7, 11) is 0. The summed E-state index contributed by atoms with van der Waals surface area (Å²) in [6.45, 7) is 5.72. The highest BCUT2D eigenvalue weighted by Crippen LogP contribution is 2.38. The molecule has 0 aliphatic heterocycles. The second kappa shape index (κ2) is 5.01. The van der Waals surface area contributed by atoms with Gasteiger partial charge in [-0.3, -0.25) is 0 Å². The molecule has 0 amide bonds. The first-order chi connectivity index (χ1) is 7.74. The van der Waals surface area contributed by atoms with Gasteiger partial charge in [0.05, 0.1) is 0 Å². The highest BCUT2D eigenvalue weighted by molar-refractivity contribution is 5.25. The van der Waals surface area contributed by atoms with Crippen LogP contribution in [0.15, 0.2) is 30.3 Å². The molecular formula is C15H23N. The second-order valence-corrected chi connectivity index (χ2v) is 5.26. The van der Waals surface area contributed by atoms with Crippen LogP contribution in [0.5, 0.6) is 0 Å². The van der Waals surface area contributed by atoms with Gasteiger partial charge in [0, 0.05) is 6.04 Å². The van der Waals surface area contributed by atoms with Gasteiger partial charge in [0.15, 0.2) is 0 Å². The second-order valence-electron chi connectivity index (χ2n) is 5.26. The van der Waals surface area contributed by atoms with Crippen LogP contribution in [-0.2, 0) is 5.41 Å². The SMILES string of the molecule is CCNC1CCC(C)(c2ccccc2)CC1. The average molecular weight is 217 g/mol. The molecule has 2 rings (SSSR count). The molecule has 1 aromatic carbocycles. The van der Waals surface area contributed by atoms with E-state index in [0.717, 1.165) is 12.6 Å². The van der Waals surface area contributed by atoms with Crippen LogP contribution in [0, 0.1) is 0 Å². The minimum Gasteiger partial charge on any atom is -0.314 e. The van der Waals surface area contributed by atoms with E-state index in [9.17, 15) is 0 Å². The molecule has 0 atom stereocenters. The van der Waals surface area contributed by atoms with Gasteiger partial charge in [-0.15, -0.1) is 0 Å². The fourth-order valence-electron chi connectivity index (χ4n) is 2.88. The molecule has 0 heterocycles. The lowest BCUT2D eigenvalue weighted by Gasteiger charge is -2.38. The van der Waals surface area contributed by atoms with Crippen molar-refractivity contribution in [3.8, 4) is 0 Å². The fourth-order valence-corrected chi connectivity index (χ4v) is 2.88. The van der Waals surface area contributed by atoms with Gasteiger partial charge in [-0.05, 0) is 43.2 Å². The van der Waals surface area contributed by atoms with E-state index in [1.54, 1.807) is 0 Å². The number of benzene rings is 1. The normalized spacial score (nSPS) is 30.2. The fraction of sp³-hybridized carbons (Fsp3) is 0.600. The van der Waals surface area contributed by atoms with Gasteiger partial charge in [-0.2, -0.15) is 0 Å². The van der Waals surface area contributed by atoms with Gasteiger partial charge < -0.3 is 5.32 Å². The zero-order valence-electron chi connectivity index (χ0n) is 10.5. The topological polar surface area (TPSA) is 12.0 Å². The maximum Gasteiger partial charge on any atom is 0.00675 e. The summed E-state index contributed by atoms with van der Waals surface area (Å²) < 4.78 is 0. The molecule has 1 aliphatic rings. The van der Waals surface area contributed by atoms with E-state index in [-0.39, 0.29) is 0 Å². The van der Waals surface area contributed by atoms with E-state index in [0.29, 0.717) is 5.41 Å². The average Bonchev–Trinajstić information content (AvgIpc) is 2.34. The Balaban J connectivity index is 2.01. The first-order valence-electron chi connectivity index (χ1n) is 6.53. The Morgan fingerprint density at radius 3 is 2.38 bits per heavy atom. The first-order valence-corrected chi connectivity index (χ1v) is 6.53. The third kappa shape index (κ3) is 2.46. The van der Waals surface area contributed by atoms with E-state index in [1.807, 2.05) is 0 Å². The van der Waals surface area contributed by atoms with Crippen LogP contribution in [0.1, 0.15) is 45.1 Å². The summed E-state index contributed by atoms with van der Waals surface area (Å²) in [5, 5.41) is 3.57. The summed E-state index contributed by atoms with van der Waals surface area (Å²) in [5.74, 6) is 0. The third-order valence-electron chi connectivity index (χ3n) is 4.05. The van der Waals surface area contributed by atoms with Crippen molar-refractivity contribution in [3.63, 3.8) is 0 Å². The molecule has 1 fully saturated rings. The summed E-state index contributed by atoms with van der Waals surface area (Å²) in [4.78, 5) is 0. The Kier molecular flexibility index (Phi) is 3.65. The summed E-state index contributed by atoms with van der Waals surface area (Å²) in [6, 6.07) is 11.8. The highest BCUT2D eigenvalue weighted by atomic mass is 14.9. The molecule has 0 aromatic heterocycles. The molecule has 0 saturated heterocycles. The lowest BCUT2D eigenvalue weighted by Crippen LogP contribution is -2.38. The van der Waals surface area contributed by atoms with E-state index < -0.39 is 0 Å². The van der Waals surface area contributed by atoms with Crippen LogP contribution >= 0.6 is 0 Å². The van der Waals surface area contributed by atoms with Gasteiger partial charge in [0.1, 0.15) is 0 Å². The van der Waals surface area contributed by atoms with Crippen molar-refractivity contribution in [1.29, 1.82) is 0 Å². The maximum atomic E-state index is 3.57. The molecule has 16 heavy (non-hydrogen) atoms. The van der Waals surface area contributed by atoms with Crippen molar-refractivity contribution < 1.29 is 0 Å². The lowest BCUT2D eigenvalue weighted by atomic mass is 9.70. The summed E-state index contributed by atoms with van der Waals surface area (Å²) >= 11 is 0. The van der Waals surface area contributed by atoms with Gasteiger partial charge in [-0.25, -0.2) is 0 Å². The minimum absolute atomic E-state index is 0.410. The number of nitrogens with one attached hydrogen (secondary N) is 1. The zero-order valence-corrected chi connectivity index (χ0v) is 10.5. The Bertz CT molecular complexity index is 309. The molecule has 1 saturated carbocycles. The quantitative estimate of drug-likeness (QED) is 0.817. The Morgan fingerprint density at radius 2 is 1.81 bits per heavy atom. The molecule has 0 bridgehead atoms. The molecule has 0 radical (unpaired) electrons. The summed E-state index contributed by atoms with van der Waals surface area (Å²) in [6.07, 6.45) is 5.27. The third-order valence-corrected chi connectivity index (χ3v) is 4.05. The molecule has 1 aliphatic carbocycles. The van der Waals surface area contributed by atoms with Gasteiger partial charge in [-0.1, -0.05) is 44.2 Å². The van der Waals surface area contributed by atoms with E-state index in [2.05, 4.69) is 49.5 Å². The van der Waals surface area contributed by atoms with Crippen molar-refractivity contribution in [2.45, 2.75) is 51.0 Å². The minimum atomic E-state index is 0.410. The molecular weight excluding hydrogens is 194 g/mol. The van der Waals surface area contributed by atoms with Crippen molar-refractivity contribution in [3.05, 3.63) is 35.9 Å². The van der Waals surface area contributed by atoms with Crippen LogP contribution in [-0.4, -0.2) is 12.6 Å². The molecule has 0 spiro atoms. The number of hydrogen-bond acceptors (Lipinski definition) is 1. The van der Waals surface area contributed by atoms with E-state index in [1.165, 1.54) is 31.2 Å². The van der Waals surface area contributed by atoms with Crippen LogP contribution in [0.3, 0.4) is 0 Å². The van der Waals surface area contributed by atoms with E-state index >= 15 is 0 Å². The van der Waals surface area contributed by atoms with Gasteiger partial charge in [0.2, 0.25) is 0 Å². The van der Waals surface area contributed by atoms with Gasteiger partial charge in [0.25, 0.3) is 0 Å². The first kappa shape index (κ1) is 11.7. The standard InChI is InChI=1S/C15H23N/c1-3-16-14-9-11-15(2,12-10-14)13-7-5-4-6-8-13/h4-8,14,16H,3,9-12H2,1-2H3. The molecule has 1 N–H and O–H groups in total. The number of rotatable bonds is 3. The monoisotopic (exact) mass is 217 g/mol. The van der Waals surface area contributed by atoms with Crippen LogP contribution < -0.4 is 5.32 Å². The van der Waals surface area contributed by atoms with Crippen LogP contribution in [0.2, 0.25) is 0 Å². The summed E-state index contributed by atoms with van der Waals surface area (Å²) in [5.41, 5.74) is 1.93. The Hall–Kier alpha value is -0.820. The lowest BCUT2D eigenvalue weighted by molar-refractivity contribution is 0.266. The zero-order chi connectivity index (χ0) is 11.4. The van der Waals surface area contributed by atoms with Crippen molar-refractivity contribution in [2.24, 2.45) is 0 Å². The Morgan fingerprint density at radius 1 is 1.19 bits per heavy atom. The smallest absolute Gasteiger partial charge is 0.00675 e. The molecule has 1 heteroatoms. The highest BCUT2D eigenvalue weighted by Gasteiger charge is 2.31. The Labute approximate surface area is 99.3 Å². The molecule has 0 unspecified atom stereocenters. The molecule has 1 aromatic rings. The molecule has 1 nitrogen and oxygen atoms in total.